The maximum absolute atomic E-state index is 4.74. The highest BCUT2D eigenvalue weighted by atomic mass is 14.7. The Labute approximate surface area is 218 Å². The molecule has 0 N–H and O–H groups in total. The van der Waals surface area contributed by atoms with Gasteiger partial charge in [0, 0.05) is 23.3 Å². The van der Waals surface area contributed by atoms with Gasteiger partial charge in [-0.25, -0.2) is 0 Å². The summed E-state index contributed by atoms with van der Waals surface area (Å²) in [6.07, 6.45) is 3.73. The predicted octanol–water partition coefficient (Wildman–Crippen LogP) is 9.52. The fourth-order valence-corrected chi connectivity index (χ4v) is 5.41. The third-order valence-corrected chi connectivity index (χ3v) is 7.41. The first-order valence-electron chi connectivity index (χ1n) is 12.9. The number of pyridine rings is 2. The van der Waals surface area contributed by atoms with Gasteiger partial charge in [0.25, 0.3) is 0 Å². The molecule has 6 aromatic rings. The summed E-state index contributed by atoms with van der Waals surface area (Å²) >= 11 is 0. The molecule has 0 aliphatic rings. The van der Waals surface area contributed by atoms with Crippen molar-refractivity contribution in [2.24, 2.45) is 0 Å². The quantitative estimate of drug-likeness (QED) is 0.236. The largest absolute Gasteiger partial charge is 0.256 e. The van der Waals surface area contributed by atoms with Gasteiger partial charge in [-0.15, -0.1) is 0 Å². The second-order valence-electron chi connectivity index (χ2n) is 10.2. The molecule has 0 aliphatic carbocycles. The Morgan fingerprint density at radius 2 is 1.35 bits per heavy atom. The highest BCUT2D eigenvalue weighted by Gasteiger charge is 2.15. The van der Waals surface area contributed by atoms with Crippen LogP contribution in [0, 0.1) is 13.8 Å². The summed E-state index contributed by atoms with van der Waals surface area (Å²) < 4.78 is 0. The first-order chi connectivity index (χ1) is 18.0. The average molecular weight is 479 g/mol. The Bertz CT molecular complexity index is 1760. The zero-order valence-electron chi connectivity index (χ0n) is 21.8. The minimum absolute atomic E-state index is 0.464. The average Bonchev–Trinajstić information content (AvgIpc) is 2.93. The standard InChI is InChI=1S/C35H30N2/c1-22(2)25-13-14-28-29-11-8-16-37-35(29)21-33(32(28)19-25)31-20-30(23(3)17-24(31)4)26-9-7-10-27(18-26)34-12-5-6-15-36-34/h5-22H,1-4H3. The number of rotatable bonds is 4. The molecule has 0 bridgehead atoms. The molecule has 0 saturated carbocycles. The number of aromatic nitrogens is 2. The van der Waals surface area contributed by atoms with Crippen molar-refractivity contribution in [3.8, 4) is 33.5 Å². The van der Waals surface area contributed by atoms with Crippen LogP contribution in [0.5, 0.6) is 0 Å². The van der Waals surface area contributed by atoms with Gasteiger partial charge < -0.3 is 0 Å². The van der Waals surface area contributed by atoms with E-state index in [0.29, 0.717) is 5.92 Å². The molecule has 2 heterocycles. The summed E-state index contributed by atoms with van der Waals surface area (Å²) in [6.45, 7) is 8.94. The second-order valence-corrected chi connectivity index (χ2v) is 10.2. The maximum atomic E-state index is 4.74. The van der Waals surface area contributed by atoms with Gasteiger partial charge in [0.1, 0.15) is 0 Å². The normalized spacial score (nSPS) is 11.5. The number of hydrogen-bond acceptors (Lipinski definition) is 2. The number of benzene rings is 4. The first-order valence-corrected chi connectivity index (χ1v) is 12.9. The van der Waals surface area contributed by atoms with Crippen LogP contribution in [-0.2, 0) is 0 Å². The van der Waals surface area contributed by atoms with E-state index in [9.17, 15) is 0 Å². The molecule has 37 heavy (non-hydrogen) atoms. The van der Waals surface area contributed by atoms with Crippen LogP contribution in [0.4, 0.5) is 0 Å². The Morgan fingerprint density at radius 1 is 0.541 bits per heavy atom. The van der Waals surface area contributed by atoms with Gasteiger partial charge in [0.05, 0.1) is 11.2 Å². The highest BCUT2D eigenvalue weighted by molar-refractivity contribution is 6.13. The van der Waals surface area contributed by atoms with E-state index in [1.54, 1.807) is 0 Å². The van der Waals surface area contributed by atoms with Crippen molar-refractivity contribution in [2.75, 3.05) is 0 Å². The zero-order valence-corrected chi connectivity index (χ0v) is 21.8. The molecule has 0 radical (unpaired) electrons. The van der Waals surface area contributed by atoms with Crippen LogP contribution < -0.4 is 0 Å². The van der Waals surface area contributed by atoms with Gasteiger partial charge >= 0.3 is 0 Å². The molecule has 0 atom stereocenters. The Morgan fingerprint density at radius 3 is 2.16 bits per heavy atom. The topological polar surface area (TPSA) is 25.8 Å². The van der Waals surface area contributed by atoms with E-state index in [-0.39, 0.29) is 0 Å². The molecule has 0 saturated heterocycles. The summed E-state index contributed by atoms with van der Waals surface area (Å²) in [6, 6.07) is 32.8. The molecule has 0 spiro atoms. The van der Waals surface area contributed by atoms with Crippen molar-refractivity contribution in [2.45, 2.75) is 33.6 Å². The predicted molar refractivity (Wildman–Crippen MR) is 157 cm³/mol. The molecule has 0 amide bonds. The molecular weight excluding hydrogens is 448 g/mol. The third-order valence-electron chi connectivity index (χ3n) is 7.41. The fraction of sp³-hybridized carbons (Fsp3) is 0.143. The van der Waals surface area contributed by atoms with Gasteiger partial charge in [-0.3, -0.25) is 9.97 Å². The van der Waals surface area contributed by atoms with E-state index in [4.69, 9.17) is 4.98 Å². The van der Waals surface area contributed by atoms with Gasteiger partial charge in [0.15, 0.2) is 0 Å². The Kier molecular flexibility index (Phi) is 5.81. The highest BCUT2D eigenvalue weighted by Crippen LogP contribution is 2.40. The molecule has 2 nitrogen and oxygen atoms in total. The van der Waals surface area contributed by atoms with Crippen molar-refractivity contribution in [1.82, 2.24) is 9.97 Å². The fourth-order valence-electron chi connectivity index (χ4n) is 5.41. The lowest BCUT2D eigenvalue weighted by molar-refractivity contribution is 0.869. The molecule has 0 fully saturated rings. The van der Waals surface area contributed by atoms with Crippen LogP contribution >= 0.6 is 0 Å². The van der Waals surface area contributed by atoms with Crippen LogP contribution in [0.1, 0.15) is 36.5 Å². The number of aryl methyl sites for hydroxylation is 2. The van der Waals surface area contributed by atoms with Crippen molar-refractivity contribution in [3.05, 3.63) is 120 Å². The van der Waals surface area contributed by atoms with Gasteiger partial charge in [-0.1, -0.05) is 68.4 Å². The van der Waals surface area contributed by atoms with Crippen molar-refractivity contribution < 1.29 is 0 Å². The van der Waals surface area contributed by atoms with Gasteiger partial charge in [-0.2, -0.15) is 0 Å². The molecule has 0 unspecified atom stereocenters. The van der Waals surface area contributed by atoms with E-state index < -0.39 is 0 Å². The lowest BCUT2D eigenvalue weighted by Crippen LogP contribution is -1.94. The monoisotopic (exact) mass is 478 g/mol. The summed E-state index contributed by atoms with van der Waals surface area (Å²) in [5, 5.41) is 3.74. The van der Waals surface area contributed by atoms with E-state index in [1.807, 2.05) is 30.6 Å². The molecule has 2 aromatic heterocycles. The van der Waals surface area contributed by atoms with Crippen molar-refractivity contribution >= 4 is 21.7 Å². The molecule has 4 aromatic carbocycles. The third kappa shape index (κ3) is 4.19. The van der Waals surface area contributed by atoms with E-state index in [2.05, 4.69) is 105 Å². The molecule has 6 rings (SSSR count). The lowest BCUT2D eigenvalue weighted by atomic mass is 9.87. The summed E-state index contributed by atoms with van der Waals surface area (Å²) in [5.41, 5.74) is 12.0. The summed E-state index contributed by atoms with van der Waals surface area (Å²) in [7, 11) is 0. The summed E-state index contributed by atoms with van der Waals surface area (Å²) in [4.78, 5) is 9.31. The van der Waals surface area contributed by atoms with E-state index in [0.717, 1.165) is 16.8 Å². The molecular formula is C35H30N2. The Balaban J connectivity index is 1.60. The second kappa shape index (κ2) is 9.29. The minimum atomic E-state index is 0.464. The Hall–Kier alpha value is -4.30. The smallest absolute Gasteiger partial charge is 0.0714 e. The number of nitrogens with zero attached hydrogens (tertiary/aromatic N) is 2. The van der Waals surface area contributed by atoms with Crippen LogP contribution in [0.2, 0.25) is 0 Å². The molecule has 0 aliphatic heterocycles. The maximum Gasteiger partial charge on any atom is 0.0714 e. The van der Waals surface area contributed by atoms with Crippen LogP contribution in [-0.4, -0.2) is 9.97 Å². The SMILES string of the molecule is Cc1cc(C)c(-c2cc3ncccc3c3ccc(C(C)C)cc23)cc1-c1cccc(-c2ccccn2)c1. The van der Waals surface area contributed by atoms with Gasteiger partial charge in [0.2, 0.25) is 0 Å². The van der Waals surface area contributed by atoms with E-state index in [1.165, 1.54) is 55.1 Å². The van der Waals surface area contributed by atoms with Crippen LogP contribution in [0.3, 0.4) is 0 Å². The molecule has 180 valence electrons. The lowest BCUT2D eigenvalue weighted by Gasteiger charge is -2.17. The number of fused-ring (bicyclic) bond motifs is 3. The van der Waals surface area contributed by atoms with Crippen molar-refractivity contribution in [1.29, 1.82) is 0 Å². The van der Waals surface area contributed by atoms with Crippen LogP contribution in [0.15, 0.2) is 103 Å². The van der Waals surface area contributed by atoms with E-state index >= 15 is 0 Å². The molecule has 2 heteroatoms. The van der Waals surface area contributed by atoms with Gasteiger partial charge in [-0.05, 0) is 106 Å². The summed E-state index contributed by atoms with van der Waals surface area (Å²) in [5.74, 6) is 0.464. The van der Waals surface area contributed by atoms with Crippen LogP contribution in [0.25, 0.3) is 55.2 Å². The minimum Gasteiger partial charge on any atom is -0.256 e. The number of hydrogen-bond donors (Lipinski definition) is 0. The zero-order chi connectivity index (χ0) is 25.5. The van der Waals surface area contributed by atoms with Crippen molar-refractivity contribution in [3.63, 3.8) is 0 Å². The first kappa shape index (κ1) is 23.1.